The first-order valence-electron chi connectivity index (χ1n) is 6.17. The summed E-state index contributed by atoms with van der Waals surface area (Å²) in [6, 6.07) is 1.38. The van der Waals surface area contributed by atoms with E-state index in [4.69, 9.17) is 4.74 Å². The molecule has 2 heterocycles. The molecule has 88 valence electrons. The van der Waals surface area contributed by atoms with E-state index in [0.29, 0.717) is 6.04 Å². The van der Waals surface area contributed by atoms with Gasteiger partial charge < -0.3 is 15.0 Å². The molecule has 0 aromatic heterocycles. The zero-order valence-electron chi connectivity index (χ0n) is 10.3. The summed E-state index contributed by atoms with van der Waals surface area (Å²) in [5.74, 6) is 0. The first kappa shape index (κ1) is 11.4. The molecule has 0 aromatic rings. The summed E-state index contributed by atoms with van der Waals surface area (Å²) in [5, 5.41) is 3.66. The number of nitrogens with one attached hydrogen (secondary N) is 1. The standard InChI is InChI=1S/C12H24N2O/c1-10-7-11(8-14(10)3)13-9-12(2)5-4-6-15-12/h10-11,13H,4-9H2,1-3H3. The Labute approximate surface area is 93.2 Å². The van der Waals surface area contributed by atoms with Crippen molar-refractivity contribution < 1.29 is 4.74 Å². The molecule has 0 spiro atoms. The lowest BCUT2D eigenvalue weighted by Crippen LogP contribution is -2.43. The van der Waals surface area contributed by atoms with Gasteiger partial charge in [-0.2, -0.15) is 0 Å². The molecule has 3 unspecified atom stereocenters. The molecule has 0 aromatic carbocycles. The van der Waals surface area contributed by atoms with Crippen molar-refractivity contribution in [1.82, 2.24) is 10.2 Å². The third kappa shape index (κ3) is 2.71. The van der Waals surface area contributed by atoms with Gasteiger partial charge in [0.15, 0.2) is 0 Å². The topological polar surface area (TPSA) is 24.5 Å². The highest BCUT2D eigenvalue weighted by atomic mass is 16.5. The van der Waals surface area contributed by atoms with Crippen LogP contribution in [0.2, 0.25) is 0 Å². The fourth-order valence-corrected chi connectivity index (χ4v) is 2.68. The second kappa shape index (κ2) is 4.40. The van der Waals surface area contributed by atoms with Gasteiger partial charge in [0.05, 0.1) is 5.60 Å². The van der Waals surface area contributed by atoms with Crippen LogP contribution in [0.25, 0.3) is 0 Å². The van der Waals surface area contributed by atoms with Crippen molar-refractivity contribution in [1.29, 1.82) is 0 Å². The molecule has 2 fully saturated rings. The molecule has 0 saturated carbocycles. The Morgan fingerprint density at radius 1 is 1.53 bits per heavy atom. The average molecular weight is 212 g/mol. The number of rotatable bonds is 3. The predicted octanol–water partition coefficient (Wildman–Crippen LogP) is 1.24. The van der Waals surface area contributed by atoms with Gasteiger partial charge in [-0.05, 0) is 40.2 Å². The number of likely N-dealkylation sites (N-methyl/N-ethyl adjacent to an activating group) is 1. The van der Waals surface area contributed by atoms with Crippen LogP contribution in [0.3, 0.4) is 0 Å². The van der Waals surface area contributed by atoms with Gasteiger partial charge in [0.25, 0.3) is 0 Å². The molecule has 3 nitrogen and oxygen atoms in total. The van der Waals surface area contributed by atoms with Crippen molar-refractivity contribution in [2.24, 2.45) is 0 Å². The van der Waals surface area contributed by atoms with Crippen molar-refractivity contribution in [2.45, 2.75) is 50.8 Å². The Kier molecular flexibility index (Phi) is 3.33. The minimum Gasteiger partial charge on any atom is -0.374 e. The summed E-state index contributed by atoms with van der Waals surface area (Å²) in [6.45, 7) is 7.67. The lowest BCUT2D eigenvalue weighted by atomic mass is 10.0. The van der Waals surface area contributed by atoms with Gasteiger partial charge in [-0.3, -0.25) is 0 Å². The number of hydrogen-bond donors (Lipinski definition) is 1. The van der Waals surface area contributed by atoms with Crippen LogP contribution in [0.1, 0.15) is 33.1 Å². The molecular formula is C12H24N2O. The van der Waals surface area contributed by atoms with Crippen molar-refractivity contribution in [3.8, 4) is 0 Å². The first-order chi connectivity index (χ1) is 7.09. The average Bonchev–Trinajstić information content (AvgIpc) is 2.73. The van der Waals surface area contributed by atoms with Crippen molar-refractivity contribution in [3.05, 3.63) is 0 Å². The largest absolute Gasteiger partial charge is 0.374 e. The fourth-order valence-electron chi connectivity index (χ4n) is 2.68. The van der Waals surface area contributed by atoms with E-state index < -0.39 is 0 Å². The summed E-state index contributed by atoms with van der Waals surface area (Å²) in [6.07, 6.45) is 3.70. The molecule has 15 heavy (non-hydrogen) atoms. The first-order valence-corrected chi connectivity index (χ1v) is 6.17. The highest BCUT2D eigenvalue weighted by molar-refractivity contribution is 4.89. The maximum atomic E-state index is 5.78. The van der Waals surface area contributed by atoms with Crippen LogP contribution in [0.15, 0.2) is 0 Å². The summed E-state index contributed by atoms with van der Waals surface area (Å²) in [7, 11) is 2.21. The van der Waals surface area contributed by atoms with E-state index in [-0.39, 0.29) is 5.60 Å². The Morgan fingerprint density at radius 3 is 2.87 bits per heavy atom. The SMILES string of the molecule is CC1CC(NCC2(C)CCCO2)CN1C. The molecule has 1 N–H and O–H groups in total. The highest BCUT2D eigenvalue weighted by Crippen LogP contribution is 2.25. The zero-order chi connectivity index (χ0) is 10.9. The molecule has 0 bridgehead atoms. The molecule has 3 atom stereocenters. The van der Waals surface area contributed by atoms with Crippen LogP contribution in [0, 0.1) is 0 Å². The van der Waals surface area contributed by atoms with Gasteiger partial charge in [0, 0.05) is 31.8 Å². The maximum Gasteiger partial charge on any atom is 0.0779 e. The van der Waals surface area contributed by atoms with Crippen molar-refractivity contribution >= 4 is 0 Å². The molecule has 3 heteroatoms. The van der Waals surface area contributed by atoms with E-state index in [0.717, 1.165) is 19.2 Å². The van der Waals surface area contributed by atoms with Gasteiger partial charge >= 0.3 is 0 Å². The normalized spacial score (nSPS) is 42.6. The summed E-state index contributed by atoms with van der Waals surface area (Å²) < 4.78 is 5.78. The van der Waals surface area contributed by atoms with Gasteiger partial charge in [0.1, 0.15) is 0 Å². The Hall–Kier alpha value is -0.120. The minimum atomic E-state index is 0.102. The zero-order valence-corrected chi connectivity index (χ0v) is 10.3. The maximum absolute atomic E-state index is 5.78. The van der Waals surface area contributed by atoms with Crippen molar-refractivity contribution in [3.63, 3.8) is 0 Å². The summed E-state index contributed by atoms with van der Waals surface area (Å²) in [4.78, 5) is 2.43. The molecule has 2 aliphatic heterocycles. The molecule has 2 rings (SSSR count). The molecular weight excluding hydrogens is 188 g/mol. The summed E-state index contributed by atoms with van der Waals surface area (Å²) >= 11 is 0. The smallest absolute Gasteiger partial charge is 0.0779 e. The van der Waals surface area contributed by atoms with Gasteiger partial charge in [0.2, 0.25) is 0 Å². The third-order valence-electron chi connectivity index (χ3n) is 3.95. The highest BCUT2D eigenvalue weighted by Gasteiger charge is 2.32. The van der Waals surface area contributed by atoms with E-state index in [1.807, 2.05) is 0 Å². The Bertz CT molecular complexity index is 204. The Balaban J connectivity index is 1.74. The fraction of sp³-hybridized carbons (Fsp3) is 1.00. The molecule has 0 radical (unpaired) electrons. The number of nitrogens with zero attached hydrogens (tertiary/aromatic N) is 1. The molecule has 0 amide bonds. The second-order valence-corrected chi connectivity index (χ2v) is 5.50. The van der Waals surface area contributed by atoms with E-state index in [1.54, 1.807) is 0 Å². The third-order valence-corrected chi connectivity index (χ3v) is 3.95. The van der Waals surface area contributed by atoms with E-state index >= 15 is 0 Å². The lowest BCUT2D eigenvalue weighted by Gasteiger charge is -2.25. The van der Waals surface area contributed by atoms with E-state index in [9.17, 15) is 0 Å². The summed E-state index contributed by atoms with van der Waals surface area (Å²) in [5.41, 5.74) is 0.102. The van der Waals surface area contributed by atoms with Crippen LogP contribution >= 0.6 is 0 Å². The van der Waals surface area contributed by atoms with Gasteiger partial charge in [-0.25, -0.2) is 0 Å². The van der Waals surface area contributed by atoms with Crippen LogP contribution in [0.4, 0.5) is 0 Å². The monoisotopic (exact) mass is 212 g/mol. The number of hydrogen-bond acceptors (Lipinski definition) is 3. The Morgan fingerprint density at radius 2 is 2.33 bits per heavy atom. The predicted molar refractivity (Wildman–Crippen MR) is 62.1 cm³/mol. The molecule has 2 aliphatic rings. The second-order valence-electron chi connectivity index (χ2n) is 5.50. The van der Waals surface area contributed by atoms with Crippen LogP contribution in [-0.4, -0.2) is 49.3 Å². The minimum absolute atomic E-state index is 0.102. The van der Waals surface area contributed by atoms with Gasteiger partial charge in [-0.1, -0.05) is 0 Å². The number of ether oxygens (including phenoxy) is 1. The van der Waals surface area contributed by atoms with E-state index in [1.165, 1.54) is 25.8 Å². The van der Waals surface area contributed by atoms with E-state index in [2.05, 4.69) is 31.1 Å². The quantitative estimate of drug-likeness (QED) is 0.762. The molecule has 0 aliphatic carbocycles. The van der Waals surface area contributed by atoms with Crippen molar-refractivity contribution in [2.75, 3.05) is 26.7 Å². The molecule has 2 saturated heterocycles. The van der Waals surface area contributed by atoms with Crippen LogP contribution in [-0.2, 0) is 4.74 Å². The number of likely N-dealkylation sites (tertiary alicyclic amines) is 1. The van der Waals surface area contributed by atoms with Crippen LogP contribution < -0.4 is 5.32 Å². The lowest BCUT2D eigenvalue weighted by molar-refractivity contribution is 0.0190. The van der Waals surface area contributed by atoms with Crippen LogP contribution in [0.5, 0.6) is 0 Å². The van der Waals surface area contributed by atoms with Gasteiger partial charge in [-0.15, -0.1) is 0 Å².